The van der Waals surface area contributed by atoms with Crippen molar-refractivity contribution in [1.82, 2.24) is 19.9 Å². The van der Waals surface area contributed by atoms with Crippen molar-refractivity contribution in [2.75, 3.05) is 0 Å². The molecule has 3 aromatic heterocycles. The van der Waals surface area contributed by atoms with Crippen LogP contribution in [-0.2, 0) is 0 Å². The number of fused-ring (bicyclic) bond motifs is 3. The van der Waals surface area contributed by atoms with Crippen molar-refractivity contribution in [3.05, 3.63) is 170 Å². The molecule has 6 aromatic carbocycles. The summed E-state index contributed by atoms with van der Waals surface area (Å²) in [5, 5.41) is 11.4. The van der Waals surface area contributed by atoms with Crippen LogP contribution in [0.2, 0.25) is 0 Å². The second-order valence-electron chi connectivity index (χ2n) is 12.3. The second-order valence-corrected chi connectivity index (χ2v) is 12.3. The molecule has 9 aromatic rings. The molecule has 0 aliphatic rings. The van der Waals surface area contributed by atoms with Crippen molar-refractivity contribution in [3.8, 4) is 73.6 Å². The Morgan fingerprint density at radius 2 is 0.961 bits per heavy atom. The highest BCUT2D eigenvalue weighted by Gasteiger charge is 2.17. The molecule has 0 saturated carbocycles. The van der Waals surface area contributed by atoms with E-state index in [9.17, 15) is 5.26 Å². The Balaban J connectivity index is 1.12. The minimum atomic E-state index is 0.543. The summed E-state index contributed by atoms with van der Waals surface area (Å²) in [4.78, 5) is 19.3. The number of nitriles is 1. The van der Waals surface area contributed by atoms with Crippen LogP contribution in [0.1, 0.15) is 5.56 Å². The zero-order valence-electron chi connectivity index (χ0n) is 27.2. The van der Waals surface area contributed by atoms with E-state index >= 15 is 0 Å². The summed E-state index contributed by atoms with van der Waals surface area (Å²) in [7, 11) is 0. The summed E-state index contributed by atoms with van der Waals surface area (Å²) in [5.41, 5.74) is 11.0. The molecular weight excluding hydrogens is 627 g/mol. The smallest absolute Gasteiger partial charge is 0.164 e. The molecule has 6 nitrogen and oxygen atoms in total. The SMILES string of the molecule is N#Cc1cccc(-c2ccc(-c3nc(-c4ccccc4)nc(-c4ccc5c(c4)oc4cncc(-c6ccc(-c7ccccc7)cc6)c45)n3)cc2)c1. The average Bonchev–Trinajstić information content (AvgIpc) is 3.60. The highest BCUT2D eigenvalue weighted by molar-refractivity contribution is 6.12. The molecular formula is C45H27N5O. The summed E-state index contributed by atoms with van der Waals surface area (Å²) in [5.74, 6) is 1.68. The summed E-state index contributed by atoms with van der Waals surface area (Å²) in [6.45, 7) is 0. The maximum Gasteiger partial charge on any atom is 0.164 e. The first-order valence-electron chi connectivity index (χ1n) is 16.6. The topological polar surface area (TPSA) is 88.5 Å². The fourth-order valence-corrected chi connectivity index (χ4v) is 6.49. The molecule has 51 heavy (non-hydrogen) atoms. The Morgan fingerprint density at radius 1 is 0.431 bits per heavy atom. The molecule has 0 spiro atoms. The van der Waals surface area contributed by atoms with E-state index in [1.165, 1.54) is 5.56 Å². The number of hydrogen-bond donors (Lipinski definition) is 0. The summed E-state index contributed by atoms with van der Waals surface area (Å²) in [6.07, 6.45) is 3.67. The minimum Gasteiger partial charge on any atom is -0.454 e. The third-order valence-electron chi connectivity index (χ3n) is 9.08. The summed E-state index contributed by atoms with van der Waals surface area (Å²) >= 11 is 0. The van der Waals surface area contributed by atoms with Gasteiger partial charge in [0.2, 0.25) is 0 Å². The van der Waals surface area contributed by atoms with Crippen LogP contribution in [0.5, 0.6) is 0 Å². The maximum absolute atomic E-state index is 9.36. The second kappa shape index (κ2) is 12.7. The van der Waals surface area contributed by atoms with Gasteiger partial charge in [0.25, 0.3) is 0 Å². The standard InChI is InChI=1S/C45H27N5O/c46-26-29-8-7-13-36(24-29)32-16-20-35(21-17-32)44-48-43(34-11-5-2-6-12-34)49-45(50-44)37-22-23-38-40(25-37)51-41-28-47-27-39(42(38)41)33-18-14-31(15-19-33)30-9-3-1-4-10-30/h1-25,27-28H. The van der Waals surface area contributed by atoms with E-state index in [1.807, 2.05) is 97.2 Å². The Bertz CT molecular complexity index is 2730. The first-order valence-corrected chi connectivity index (χ1v) is 16.6. The Kier molecular flexibility index (Phi) is 7.42. The van der Waals surface area contributed by atoms with E-state index in [2.05, 4.69) is 65.7 Å². The molecule has 0 fully saturated rings. The maximum atomic E-state index is 9.36. The van der Waals surface area contributed by atoms with Gasteiger partial charge in [0.1, 0.15) is 5.58 Å². The molecule has 6 heteroatoms. The lowest BCUT2D eigenvalue weighted by atomic mass is 9.98. The number of hydrogen-bond acceptors (Lipinski definition) is 6. The molecule has 0 saturated heterocycles. The first-order chi connectivity index (χ1) is 25.2. The zero-order valence-corrected chi connectivity index (χ0v) is 27.2. The summed E-state index contributed by atoms with van der Waals surface area (Å²) < 4.78 is 6.42. The molecule has 0 amide bonds. The van der Waals surface area contributed by atoms with Crippen LogP contribution in [0.4, 0.5) is 0 Å². The van der Waals surface area contributed by atoms with Crippen LogP contribution < -0.4 is 0 Å². The third kappa shape index (κ3) is 5.69. The van der Waals surface area contributed by atoms with Crippen LogP contribution in [0, 0.1) is 11.3 Å². The molecule has 3 heterocycles. The number of aromatic nitrogens is 4. The predicted octanol–water partition coefficient (Wildman–Crippen LogP) is 11.0. The zero-order chi connectivity index (χ0) is 34.1. The fraction of sp³-hybridized carbons (Fsp3) is 0. The van der Waals surface area contributed by atoms with Crippen molar-refractivity contribution in [2.45, 2.75) is 0 Å². The van der Waals surface area contributed by atoms with Crippen molar-refractivity contribution in [1.29, 1.82) is 5.26 Å². The largest absolute Gasteiger partial charge is 0.454 e. The number of benzene rings is 6. The van der Waals surface area contributed by atoms with E-state index in [1.54, 1.807) is 12.3 Å². The minimum absolute atomic E-state index is 0.543. The Labute approximate surface area is 294 Å². The van der Waals surface area contributed by atoms with Gasteiger partial charge in [-0.2, -0.15) is 5.26 Å². The van der Waals surface area contributed by atoms with Gasteiger partial charge >= 0.3 is 0 Å². The van der Waals surface area contributed by atoms with Crippen LogP contribution in [-0.4, -0.2) is 19.9 Å². The molecule has 0 N–H and O–H groups in total. The van der Waals surface area contributed by atoms with E-state index in [-0.39, 0.29) is 0 Å². The van der Waals surface area contributed by atoms with Gasteiger partial charge in [-0.25, -0.2) is 15.0 Å². The molecule has 0 bridgehead atoms. The lowest BCUT2D eigenvalue weighted by molar-refractivity contribution is 0.667. The number of rotatable bonds is 6. The first kappa shape index (κ1) is 29.9. The third-order valence-corrected chi connectivity index (χ3v) is 9.08. The van der Waals surface area contributed by atoms with Gasteiger partial charge in [-0.1, -0.05) is 127 Å². The van der Waals surface area contributed by atoms with Gasteiger partial charge < -0.3 is 4.42 Å². The monoisotopic (exact) mass is 653 g/mol. The van der Waals surface area contributed by atoms with Crippen molar-refractivity contribution >= 4 is 21.9 Å². The number of pyridine rings is 1. The molecule has 0 aliphatic carbocycles. The van der Waals surface area contributed by atoms with Crippen LogP contribution >= 0.6 is 0 Å². The van der Waals surface area contributed by atoms with Crippen molar-refractivity contribution < 1.29 is 4.42 Å². The normalized spacial score (nSPS) is 11.1. The van der Waals surface area contributed by atoms with Crippen molar-refractivity contribution in [2.24, 2.45) is 0 Å². The lowest BCUT2D eigenvalue weighted by Gasteiger charge is -2.09. The highest BCUT2D eigenvalue weighted by Crippen LogP contribution is 2.38. The number of furan rings is 1. The molecule has 0 radical (unpaired) electrons. The van der Waals surface area contributed by atoms with Gasteiger partial charge in [-0.05, 0) is 52.1 Å². The van der Waals surface area contributed by atoms with Gasteiger partial charge in [0, 0.05) is 39.2 Å². The number of nitrogens with zero attached hydrogens (tertiary/aromatic N) is 5. The van der Waals surface area contributed by atoms with Crippen LogP contribution in [0.3, 0.4) is 0 Å². The van der Waals surface area contributed by atoms with Crippen LogP contribution in [0.25, 0.3) is 89.5 Å². The summed E-state index contributed by atoms with van der Waals surface area (Å²) in [6, 6.07) is 52.8. The average molecular weight is 654 g/mol. The Hall–Kier alpha value is -7.23. The van der Waals surface area contributed by atoms with Gasteiger partial charge in [0.05, 0.1) is 17.8 Å². The van der Waals surface area contributed by atoms with E-state index in [0.29, 0.717) is 28.6 Å². The Morgan fingerprint density at radius 3 is 1.65 bits per heavy atom. The fourth-order valence-electron chi connectivity index (χ4n) is 6.49. The highest BCUT2D eigenvalue weighted by atomic mass is 16.3. The predicted molar refractivity (Wildman–Crippen MR) is 202 cm³/mol. The molecule has 0 unspecified atom stereocenters. The van der Waals surface area contributed by atoms with E-state index < -0.39 is 0 Å². The van der Waals surface area contributed by atoms with Crippen LogP contribution in [0.15, 0.2) is 168 Å². The molecule has 0 aliphatic heterocycles. The molecule has 9 rings (SSSR count). The van der Waals surface area contributed by atoms with E-state index in [4.69, 9.17) is 19.4 Å². The quantitative estimate of drug-likeness (QED) is 0.177. The lowest BCUT2D eigenvalue weighted by Crippen LogP contribution is -2.00. The van der Waals surface area contributed by atoms with Gasteiger partial charge in [-0.15, -0.1) is 0 Å². The van der Waals surface area contributed by atoms with E-state index in [0.717, 1.165) is 60.9 Å². The molecule has 0 atom stereocenters. The van der Waals surface area contributed by atoms with Gasteiger partial charge in [-0.3, -0.25) is 4.98 Å². The van der Waals surface area contributed by atoms with Gasteiger partial charge in [0.15, 0.2) is 23.1 Å². The van der Waals surface area contributed by atoms with Crippen molar-refractivity contribution in [3.63, 3.8) is 0 Å². The molecule has 238 valence electrons.